The number of thioether (sulfide) groups is 1. The summed E-state index contributed by atoms with van der Waals surface area (Å²) in [6.45, 7) is 0. The van der Waals surface area contributed by atoms with Gasteiger partial charge < -0.3 is 0 Å². The van der Waals surface area contributed by atoms with Gasteiger partial charge in [0.15, 0.2) is 0 Å². The maximum absolute atomic E-state index is 11.8. The van der Waals surface area contributed by atoms with Gasteiger partial charge in [0.2, 0.25) is 0 Å². The van der Waals surface area contributed by atoms with Crippen molar-refractivity contribution in [1.82, 2.24) is 0 Å². The summed E-state index contributed by atoms with van der Waals surface area (Å²) in [6.07, 6.45) is 3.29. The van der Waals surface area contributed by atoms with Crippen LogP contribution in [0.15, 0.2) is 20.5 Å². The maximum atomic E-state index is 11.8. The van der Waals surface area contributed by atoms with Gasteiger partial charge in [0.1, 0.15) is 11.8 Å². The lowest BCUT2D eigenvalue weighted by Crippen LogP contribution is -2.25. The molecule has 0 fully saturated rings. The van der Waals surface area contributed by atoms with Crippen LogP contribution in [-0.4, -0.2) is 22.7 Å². The smallest absolute Gasteiger partial charge is 0.261 e. The molecule has 78 valence electrons. The summed E-state index contributed by atoms with van der Waals surface area (Å²) in [7, 11) is 0. The van der Waals surface area contributed by atoms with Crippen molar-refractivity contribution in [2.24, 2.45) is 15.9 Å². The molecule has 0 spiro atoms. The zero-order valence-corrected chi connectivity index (χ0v) is 9.57. The molecular formula is C10H9ClN2OS. The van der Waals surface area contributed by atoms with Crippen molar-refractivity contribution >= 4 is 40.1 Å². The monoisotopic (exact) mass is 240 g/mol. The van der Waals surface area contributed by atoms with Crippen LogP contribution < -0.4 is 0 Å². The molecule has 3 aliphatic rings. The average molecular weight is 241 g/mol. The molecule has 1 unspecified atom stereocenters. The number of halogens is 1. The molecule has 0 aromatic heterocycles. The summed E-state index contributed by atoms with van der Waals surface area (Å²) in [4.78, 5) is 21.4. The predicted octanol–water partition coefficient (Wildman–Crippen LogP) is 2.36. The molecule has 1 aliphatic carbocycles. The van der Waals surface area contributed by atoms with Crippen LogP contribution in [0.2, 0.25) is 0 Å². The van der Waals surface area contributed by atoms with Crippen molar-refractivity contribution in [2.45, 2.75) is 19.3 Å². The number of amidine groups is 1. The molecule has 2 heterocycles. The summed E-state index contributed by atoms with van der Waals surface area (Å²) in [5.74, 6) is 0.448. The van der Waals surface area contributed by atoms with Crippen molar-refractivity contribution in [2.75, 3.05) is 5.88 Å². The first-order valence-electron chi connectivity index (χ1n) is 4.95. The summed E-state index contributed by atoms with van der Waals surface area (Å²) < 4.78 is 0. The molecular weight excluding hydrogens is 232 g/mol. The number of aliphatic imine (C=N–C) groups is 2. The second-order valence-corrected chi connectivity index (χ2v) is 5.17. The lowest BCUT2D eigenvalue weighted by molar-refractivity contribution is -0.118. The molecule has 0 saturated carbocycles. The lowest BCUT2D eigenvalue weighted by atomic mass is 9.98. The Balaban J connectivity index is 1.99. The van der Waals surface area contributed by atoms with E-state index >= 15 is 0 Å². The highest BCUT2D eigenvalue weighted by atomic mass is 35.5. The Labute approximate surface area is 96.7 Å². The third kappa shape index (κ3) is 1.39. The Morgan fingerprint density at radius 2 is 2.27 bits per heavy atom. The molecule has 15 heavy (non-hydrogen) atoms. The van der Waals surface area contributed by atoms with E-state index in [2.05, 4.69) is 9.98 Å². The number of carbonyl (C=O) groups excluding carboxylic acids is 1. The number of allylic oxidation sites excluding steroid dienone is 1. The molecule has 0 aromatic carbocycles. The van der Waals surface area contributed by atoms with Gasteiger partial charge in [-0.05, 0) is 29.7 Å². The van der Waals surface area contributed by atoms with Crippen LogP contribution in [0.4, 0.5) is 0 Å². The molecule has 3 rings (SSSR count). The van der Waals surface area contributed by atoms with Crippen LogP contribution in [0.25, 0.3) is 0 Å². The number of amides is 1. The fourth-order valence-electron chi connectivity index (χ4n) is 2.24. The zero-order valence-electron chi connectivity index (χ0n) is 7.99. The van der Waals surface area contributed by atoms with Gasteiger partial charge in [-0.2, -0.15) is 4.99 Å². The first-order chi connectivity index (χ1) is 7.29. The van der Waals surface area contributed by atoms with Crippen LogP contribution in [0, 0.1) is 5.92 Å². The molecule has 0 N–H and O–H groups in total. The van der Waals surface area contributed by atoms with Gasteiger partial charge in [0.05, 0.1) is 10.9 Å². The zero-order chi connectivity index (χ0) is 10.4. The SMILES string of the molecule is O=C1N=C(CCl)N=C2SC3=C(CCC3)C12. The quantitative estimate of drug-likeness (QED) is 0.661. The average Bonchev–Trinajstić information content (AvgIpc) is 2.75. The first kappa shape index (κ1) is 9.60. The molecule has 2 aliphatic heterocycles. The van der Waals surface area contributed by atoms with Crippen LogP contribution in [0.3, 0.4) is 0 Å². The Morgan fingerprint density at radius 1 is 1.40 bits per heavy atom. The van der Waals surface area contributed by atoms with E-state index in [1.165, 1.54) is 16.9 Å². The van der Waals surface area contributed by atoms with E-state index in [1.807, 2.05) is 0 Å². The molecule has 0 saturated heterocycles. The Morgan fingerprint density at radius 3 is 3.07 bits per heavy atom. The third-order valence-corrected chi connectivity index (χ3v) is 4.36. The second-order valence-electron chi connectivity index (χ2n) is 3.79. The summed E-state index contributed by atoms with van der Waals surface area (Å²) >= 11 is 7.30. The summed E-state index contributed by atoms with van der Waals surface area (Å²) in [5, 5.41) is 0.898. The van der Waals surface area contributed by atoms with Crippen molar-refractivity contribution in [3.05, 3.63) is 10.5 Å². The number of carbonyl (C=O) groups is 1. The van der Waals surface area contributed by atoms with Crippen molar-refractivity contribution < 1.29 is 4.79 Å². The fourth-order valence-corrected chi connectivity index (χ4v) is 3.72. The predicted molar refractivity (Wildman–Crippen MR) is 62.6 cm³/mol. The largest absolute Gasteiger partial charge is 0.271 e. The van der Waals surface area contributed by atoms with Crippen LogP contribution >= 0.6 is 23.4 Å². The van der Waals surface area contributed by atoms with Crippen molar-refractivity contribution in [1.29, 1.82) is 0 Å². The van der Waals surface area contributed by atoms with E-state index < -0.39 is 0 Å². The van der Waals surface area contributed by atoms with E-state index in [0.29, 0.717) is 5.84 Å². The standard InChI is InChI=1S/C10H9ClN2OS/c11-4-7-12-9(14)8-5-2-1-3-6(5)15-10(8)13-7/h8H,1-4H2. The number of rotatable bonds is 1. The number of fused-ring (bicyclic) bond motifs is 2. The van der Waals surface area contributed by atoms with E-state index in [1.54, 1.807) is 11.8 Å². The summed E-state index contributed by atoms with van der Waals surface area (Å²) in [5.41, 5.74) is 1.26. The van der Waals surface area contributed by atoms with Crippen molar-refractivity contribution in [3.63, 3.8) is 0 Å². The molecule has 3 nitrogen and oxygen atoms in total. The van der Waals surface area contributed by atoms with Gasteiger partial charge >= 0.3 is 0 Å². The third-order valence-electron chi connectivity index (χ3n) is 2.88. The molecule has 0 radical (unpaired) electrons. The molecule has 5 heteroatoms. The minimum atomic E-state index is -0.153. The van der Waals surface area contributed by atoms with Gasteiger partial charge in [0.25, 0.3) is 5.91 Å². The maximum Gasteiger partial charge on any atom is 0.261 e. The minimum absolute atomic E-state index is 0.0740. The Hall–Kier alpha value is -0.610. The Bertz CT molecular complexity index is 439. The molecule has 0 aromatic rings. The van der Waals surface area contributed by atoms with Crippen LogP contribution in [0.1, 0.15) is 19.3 Å². The Kier molecular flexibility index (Phi) is 2.21. The molecule has 0 bridgehead atoms. The fraction of sp³-hybridized carbons (Fsp3) is 0.500. The van der Waals surface area contributed by atoms with Crippen molar-refractivity contribution in [3.8, 4) is 0 Å². The normalized spacial score (nSPS) is 28.9. The number of nitrogens with zero attached hydrogens (tertiary/aromatic N) is 2. The summed E-state index contributed by atoms with van der Waals surface area (Å²) in [6, 6.07) is 0. The number of hydrogen-bond donors (Lipinski definition) is 0. The highest BCUT2D eigenvalue weighted by Gasteiger charge is 2.41. The van der Waals surface area contributed by atoms with E-state index in [9.17, 15) is 4.79 Å². The number of hydrogen-bond acceptors (Lipinski definition) is 3. The van der Waals surface area contributed by atoms with E-state index in [0.717, 1.165) is 17.9 Å². The highest BCUT2D eigenvalue weighted by molar-refractivity contribution is 8.17. The molecule has 1 atom stereocenters. The minimum Gasteiger partial charge on any atom is -0.271 e. The highest BCUT2D eigenvalue weighted by Crippen LogP contribution is 2.48. The first-order valence-corrected chi connectivity index (χ1v) is 6.30. The van der Waals surface area contributed by atoms with Gasteiger partial charge in [-0.1, -0.05) is 11.8 Å². The second kappa shape index (κ2) is 3.46. The number of alkyl halides is 1. The van der Waals surface area contributed by atoms with E-state index in [-0.39, 0.29) is 17.7 Å². The molecule has 1 amide bonds. The topological polar surface area (TPSA) is 41.8 Å². The van der Waals surface area contributed by atoms with E-state index in [4.69, 9.17) is 11.6 Å². The van der Waals surface area contributed by atoms with Gasteiger partial charge in [-0.25, -0.2) is 4.99 Å². The van der Waals surface area contributed by atoms with Crippen LogP contribution in [0.5, 0.6) is 0 Å². The van der Waals surface area contributed by atoms with Gasteiger partial charge in [-0.3, -0.25) is 4.79 Å². The lowest BCUT2D eigenvalue weighted by Gasteiger charge is -2.15. The van der Waals surface area contributed by atoms with Gasteiger partial charge in [-0.15, -0.1) is 11.6 Å². The van der Waals surface area contributed by atoms with Crippen LogP contribution in [-0.2, 0) is 4.79 Å². The van der Waals surface area contributed by atoms with Gasteiger partial charge in [0, 0.05) is 0 Å².